The van der Waals surface area contributed by atoms with Gasteiger partial charge in [0.05, 0.1) is 12.5 Å². The third-order valence-electron chi connectivity index (χ3n) is 4.42. The van der Waals surface area contributed by atoms with Crippen LogP contribution in [-0.4, -0.2) is 71.2 Å². The van der Waals surface area contributed by atoms with Crippen LogP contribution in [0.3, 0.4) is 0 Å². The van der Waals surface area contributed by atoms with Gasteiger partial charge >= 0.3 is 0 Å². The topological polar surface area (TPSA) is 78.9 Å². The van der Waals surface area contributed by atoms with Crippen LogP contribution < -0.4 is 5.32 Å². The number of aliphatic imine (C=N–C) groups is 1. The molecule has 1 aliphatic heterocycles. The van der Waals surface area contributed by atoms with Crippen LogP contribution in [0.2, 0.25) is 0 Å². The van der Waals surface area contributed by atoms with E-state index >= 15 is 0 Å². The fourth-order valence-corrected chi connectivity index (χ4v) is 3.04. The summed E-state index contributed by atoms with van der Waals surface area (Å²) in [7, 11) is 1.79. The zero-order chi connectivity index (χ0) is 18.4. The molecule has 1 amide bonds. The maximum absolute atomic E-state index is 12.3. The van der Waals surface area contributed by atoms with Crippen LogP contribution in [0.4, 0.5) is 0 Å². The normalized spacial score (nSPS) is 14.8. The van der Waals surface area contributed by atoms with Gasteiger partial charge in [0.2, 0.25) is 0 Å². The van der Waals surface area contributed by atoms with Crippen molar-refractivity contribution in [2.24, 2.45) is 4.99 Å². The zero-order valence-corrected chi connectivity index (χ0v) is 18.1. The molecule has 8 nitrogen and oxygen atoms in total. The summed E-state index contributed by atoms with van der Waals surface area (Å²) in [4.78, 5) is 20.7. The molecule has 0 spiro atoms. The molecule has 1 aliphatic rings. The van der Waals surface area contributed by atoms with E-state index in [0.29, 0.717) is 18.8 Å². The van der Waals surface area contributed by atoms with Crippen molar-refractivity contribution in [3.63, 3.8) is 0 Å². The van der Waals surface area contributed by atoms with E-state index in [1.165, 1.54) is 11.8 Å². The quantitative estimate of drug-likeness (QED) is 0.302. The minimum absolute atomic E-state index is 0. The molecule has 2 aromatic rings. The number of nitrogens with zero attached hydrogens (tertiary/aromatic N) is 5. The van der Waals surface area contributed by atoms with E-state index in [4.69, 9.17) is 4.42 Å². The Morgan fingerprint density at radius 3 is 2.63 bits per heavy atom. The van der Waals surface area contributed by atoms with Crippen molar-refractivity contribution in [3.8, 4) is 0 Å². The second-order valence-corrected chi connectivity index (χ2v) is 6.36. The van der Waals surface area contributed by atoms with Gasteiger partial charge in [-0.15, -0.1) is 24.0 Å². The number of carbonyl (C=O) groups is 1. The van der Waals surface area contributed by atoms with E-state index in [2.05, 4.69) is 20.3 Å². The first-order valence-corrected chi connectivity index (χ1v) is 8.95. The molecule has 1 fully saturated rings. The standard InChI is InChI=1S/C18H26N6O2.HI/c1-15-13-21-24(14-15)7-4-6-20-18(19-2)23-10-8-22(9-11-23)17(25)16-5-3-12-26-16;/h3,5,12-14H,4,6-11H2,1-2H3,(H,19,20);1H. The number of nitrogens with one attached hydrogen (secondary N) is 1. The van der Waals surface area contributed by atoms with Crippen molar-refractivity contribution >= 4 is 35.8 Å². The van der Waals surface area contributed by atoms with Gasteiger partial charge in [-0.2, -0.15) is 5.10 Å². The lowest BCUT2D eigenvalue weighted by Crippen LogP contribution is -2.53. The maximum Gasteiger partial charge on any atom is 0.289 e. The van der Waals surface area contributed by atoms with E-state index in [-0.39, 0.29) is 29.9 Å². The molecule has 0 radical (unpaired) electrons. The highest BCUT2D eigenvalue weighted by molar-refractivity contribution is 14.0. The van der Waals surface area contributed by atoms with E-state index in [1.807, 2.05) is 28.9 Å². The smallest absolute Gasteiger partial charge is 0.289 e. The zero-order valence-electron chi connectivity index (χ0n) is 15.8. The first kappa shape index (κ1) is 21.3. The van der Waals surface area contributed by atoms with E-state index in [0.717, 1.165) is 38.6 Å². The fraction of sp³-hybridized carbons (Fsp3) is 0.500. The molecule has 3 heterocycles. The molecule has 148 valence electrons. The number of furan rings is 1. The summed E-state index contributed by atoms with van der Waals surface area (Å²) in [5, 5.41) is 7.69. The minimum atomic E-state index is -0.0490. The molecule has 0 aromatic carbocycles. The molecule has 0 atom stereocenters. The summed E-state index contributed by atoms with van der Waals surface area (Å²) >= 11 is 0. The summed E-state index contributed by atoms with van der Waals surface area (Å²) in [6, 6.07) is 3.44. The molecule has 3 rings (SSSR count). The molecule has 1 saturated heterocycles. The molecule has 1 N–H and O–H groups in total. The predicted octanol–water partition coefficient (Wildman–Crippen LogP) is 1.83. The van der Waals surface area contributed by atoms with Crippen LogP contribution in [0.25, 0.3) is 0 Å². The Kier molecular flexibility index (Phi) is 8.14. The van der Waals surface area contributed by atoms with Crippen molar-refractivity contribution in [1.29, 1.82) is 0 Å². The highest BCUT2D eigenvalue weighted by Crippen LogP contribution is 2.09. The highest BCUT2D eigenvalue weighted by Gasteiger charge is 2.24. The third kappa shape index (κ3) is 5.72. The lowest BCUT2D eigenvalue weighted by Gasteiger charge is -2.36. The molecule has 0 unspecified atom stereocenters. The number of carbonyl (C=O) groups excluding carboxylic acids is 1. The summed E-state index contributed by atoms with van der Waals surface area (Å²) in [6.07, 6.45) is 6.41. The maximum atomic E-state index is 12.3. The lowest BCUT2D eigenvalue weighted by atomic mass is 10.3. The number of halogens is 1. The molecule has 2 aromatic heterocycles. The van der Waals surface area contributed by atoms with Gasteiger partial charge in [-0.05, 0) is 31.0 Å². The number of aryl methyl sites for hydroxylation is 2. The van der Waals surface area contributed by atoms with E-state index in [1.54, 1.807) is 19.2 Å². The Labute approximate surface area is 176 Å². The van der Waals surface area contributed by atoms with Gasteiger partial charge in [-0.25, -0.2) is 0 Å². The molecule has 0 saturated carbocycles. The Morgan fingerprint density at radius 1 is 1.30 bits per heavy atom. The number of aromatic nitrogens is 2. The second kappa shape index (κ2) is 10.3. The Morgan fingerprint density at radius 2 is 2.04 bits per heavy atom. The van der Waals surface area contributed by atoms with Crippen molar-refractivity contribution in [2.45, 2.75) is 19.9 Å². The lowest BCUT2D eigenvalue weighted by molar-refractivity contribution is 0.0657. The number of guanidine groups is 1. The van der Waals surface area contributed by atoms with Crippen LogP contribution in [0.1, 0.15) is 22.5 Å². The molecule has 9 heteroatoms. The fourth-order valence-electron chi connectivity index (χ4n) is 3.04. The SMILES string of the molecule is CN=C(NCCCn1cc(C)cn1)N1CCN(C(=O)c2ccco2)CC1.I. The first-order chi connectivity index (χ1) is 12.7. The number of rotatable bonds is 5. The Balaban J connectivity index is 0.00000261. The second-order valence-electron chi connectivity index (χ2n) is 6.36. The van der Waals surface area contributed by atoms with Crippen molar-refractivity contribution in [1.82, 2.24) is 24.9 Å². The van der Waals surface area contributed by atoms with Gasteiger partial charge in [0.1, 0.15) is 0 Å². The Bertz CT molecular complexity index is 735. The van der Waals surface area contributed by atoms with Gasteiger partial charge in [0, 0.05) is 52.5 Å². The third-order valence-corrected chi connectivity index (χ3v) is 4.42. The molecule has 0 aliphatic carbocycles. The van der Waals surface area contributed by atoms with Gasteiger partial charge in [0.25, 0.3) is 5.91 Å². The Hall–Kier alpha value is -2.04. The van der Waals surface area contributed by atoms with Crippen molar-refractivity contribution in [2.75, 3.05) is 39.8 Å². The van der Waals surface area contributed by atoms with Crippen LogP contribution in [0, 0.1) is 6.92 Å². The van der Waals surface area contributed by atoms with Crippen molar-refractivity contribution in [3.05, 3.63) is 42.1 Å². The molecular formula is C18H27IN6O2. The number of hydrogen-bond donors (Lipinski definition) is 1. The first-order valence-electron chi connectivity index (χ1n) is 8.95. The molecule has 0 bridgehead atoms. The average Bonchev–Trinajstić information content (AvgIpc) is 3.33. The number of piperazine rings is 1. The van der Waals surface area contributed by atoms with Crippen LogP contribution in [0.5, 0.6) is 0 Å². The summed E-state index contributed by atoms with van der Waals surface area (Å²) in [6.45, 7) is 6.58. The highest BCUT2D eigenvalue weighted by atomic mass is 127. The molecular weight excluding hydrogens is 459 g/mol. The van der Waals surface area contributed by atoms with E-state index < -0.39 is 0 Å². The van der Waals surface area contributed by atoms with Crippen LogP contribution in [0.15, 0.2) is 40.2 Å². The van der Waals surface area contributed by atoms with E-state index in [9.17, 15) is 4.79 Å². The molecule has 27 heavy (non-hydrogen) atoms. The summed E-state index contributed by atoms with van der Waals surface area (Å²) in [5.74, 6) is 1.23. The number of amides is 1. The average molecular weight is 486 g/mol. The van der Waals surface area contributed by atoms with Gasteiger partial charge < -0.3 is 19.5 Å². The van der Waals surface area contributed by atoms with Gasteiger partial charge in [-0.3, -0.25) is 14.5 Å². The summed E-state index contributed by atoms with van der Waals surface area (Å²) < 4.78 is 7.16. The van der Waals surface area contributed by atoms with Crippen molar-refractivity contribution < 1.29 is 9.21 Å². The monoisotopic (exact) mass is 486 g/mol. The number of hydrogen-bond acceptors (Lipinski definition) is 4. The predicted molar refractivity (Wildman–Crippen MR) is 115 cm³/mol. The largest absolute Gasteiger partial charge is 0.459 e. The van der Waals surface area contributed by atoms with Gasteiger partial charge in [-0.1, -0.05) is 0 Å². The summed E-state index contributed by atoms with van der Waals surface area (Å²) in [5.41, 5.74) is 1.18. The van der Waals surface area contributed by atoms with Gasteiger partial charge in [0.15, 0.2) is 11.7 Å². The minimum Gasteiger partial charge on any atom is -0.459 e. The van der Waals surface area contributed by atoms with Crippen LogP contribution in [-0.2, 0) is 6.54 Å². The van der Waals surface area contributed by atoms with Crippen LogP contribution >= 0.6 is 24.0 Å².